The van der Waals surface area contributed by atoms with Crippen molar-refractivity contribution >= 4 is 172 Å². The molecule has 0 atom stereocenters. The molecule has 4 saturated heterocycles. The first-order valence-corrected chi connectivity index (χ1v) is 42.0. The van der Waals surface area contributed by atoms with Crippen molar-refractivity contribution in [2.75, 3.05) is 145 Å². The number of thioether (sulfide) groups is 8. The molecule has 4 aliphatic heterocycles. The molecule has 4 heterocycles. The number of hydrogen-bond donors (Lipinski definition) is 0. The van der Waals surface area contributed by atoms with E-state index in [0.29, 0.717) is 46.0 Å². The van der Waals surface area contributed by atoms with Crippen molar-refractivity contribution in [1.82, 2.24) is 0 Å². The Morgan fingerprint density at radius 1 is 0.360 bits per heavy atom. The van der Waals surface area contributed by atoms with E-state index in [2.05, 4.69) is 13.2 Å². The molecule has 5 rings (SSSR count). The lowest BCUT2D eigenvalue weighted by Crippen LogP contribution is -2.41. The van der Waals surface area contributed by atoms with Gasteiger partial charge in [-0.2, -0.15) is 94.1 Å². The molecular formula is C67H92O25S8. The summed E-state index contributed by atoms with van der Waals surface area (Å²) in [5, 5.41) is 0. The highest BCUT2D eigenvalue weighted by atomic mass is 32.2. The van der Waals surface area contributed by atoms with E-state index in [1.807, 2.05) is 0 Å². The second-order valence-electron chi connectivity index (χ2n) is 22.7. The van der Waals surface area contributed by atoms with Gasteiger partial charge in [-0.25, -0.2) is 24.0 Å². The van der Waals surface area contributed by atoms with Crippen molar-refractivity contribution in [3.63, 3.8) is 0 Å². The lowest BCUT2D eigenvalue weighted by molar-refractivity contribution is -0.166. The van der Waals surface area contributed by atoms with Crippen molar-refractivity contribution in [3.05, 3.63) is 59.2 Å². The first kappa shape index (κ1) is 87.2. The molecule has 558 valence electrons. The average Bonchev–Trinajstić information content (AvgIpc) is 0.819. The monoisotopic (exact) mass is 1550 g/mol. The molecule has 0 saturated carbocycles. The zero-order valence-electron chi connectivity index (χ0n) is 56.9. The van der Waals surface area contributed by atoms with Gasteiger partial charge in [0.15, 0.2) is 0 Å². The van der Waals surface area contributed by atoms with Crippen LogP contribution in [0.4, 0.5) is 0 Å². The summed E-state index contributed by atoms with van der Waals surface area (Å²) in [6.07, 6.45) is 0.822. The van der Waals surface area contributed by atoms with Crippen LogP contribution in [-0.2, 0) is 105 Å². The number of Topliss-reactive ketones (excluding diaryl/α,β-unsaturated/α-hetero) is 1. The number of carbonyl (C=O) groups is 13. The summed E-state index contributed by atoms with van der Waals surface area (Å²) >= 11 is 13.9. The van der Waals surface area contributed by atoms with Gasteiger partial charge in [-0.15, -0.1) is 0 Å². The highest BCUT2D eigenvalue weighted by Gasteiger charge is 2.45. The first-order valence-electron chi connectivity index (χ1n) is 32.8. The van der Waals surface area contributed by atoms with Crippen molar-refractivity contribution in [2.24, 2.45) is 5.41 Å². The van der Waals surface area contributed by atoms with Crippen LogP contribution in [0.2, 0.25) is 0 Å². The van der Waals surface area contributed by atoms with Crippen LogP contribution in [0.5, 0.6) is 0 Å². The number of hydrogen-bond acceptors (Lipinski definition) is 33. The second-order valence-corrected chi connectivity index (χ2v) is 31.9. The maximum atomic E-state index is 13.4. The van der Waals surface area contributed by atoms with E-state index in [-0.39, 0.29) is 124 Å². The van der Waals surface area contributed by atoms with E-state index >= 15 is 0 Å². The van der Waals surface area contributed by atoms with Crippen LogP contribution >= 0.6 is 94.1 Å². The number of ether oxygens (including phenoxy) is 12. The third-order valence-corrected chi connectivity index (χ3v) is 23.7. The minimum absolute atomic E-state index is 0.0358. The SMILES string of the molecule is C=C(C)C(=O)OCCOC(=O)C(CCC(=O)OCCOC(=O)CCC(=O)OC1CSCCCSC1)(CCC(=O)OCCOC(=O)CCC(=O)OC1CSCCCSC1)C(C)=O.C=C(C)C(=O)OCCOC(=O)c1ccc(C(=O)OC2CSCCCSC2)c(C(=O)OC2CSCCCSC2)c1. The first-order chi connectivity index (χ1) is 48.1. The summed E-state index contributed by atoms with van der Waals surface area (Å²) in [5.74, 6) is 4.32. The Kier molecular flexibility index (Phi) is 44.5. The Morgan fingerprint density at radius 3 is 1.01 bits per heavy atom. The zero-order chi connectivity index (χ0) is 72.9. The van der Waals surface area contributed by atoms with Gasteiger partial charge in [-0.1, -0.05) is 13.2 Å². The van der Waals surface area contributed by atoms with E-state index < -0.39 is 115 Å². The van der Waals surface area contributed by atoms with Crippen LogP contribution in [0, 0.1) is 5.41 Å². The zero-order valence-corrected chi connectivity index (χ0v) is 63.4. The fourth-order valence-corrected chi connectivity index (χ4v) is 18.0. The van der Waals surface area contributed by atoms with Gasteiger partial charge in [0.25, 0.3) is 0 Å². The molecular weight excluding hydrogens is 1460 g/mol. The normalized spacial score (nSPS) is 16.1. The van der Waals surface area contributed by atoms with E-state index in [0.717, 1.165) is 78.6 Å². The molecule has 0 unspecified atom stereocenters. The van der Waals surface area contributed by atoms with E-state index in [1.165, 1.54) is 32.0 Å². The van der Waals surface area contributed by atoms with Crippen LogP contribution < -0.4 is 0 Å². The van der Waals surface area contributed by atoms with Gasteiger partial charge in [-0.05, 0) is 124 Å². The van der Waals surface area contributed by atoms with Gasteiger partial charge in [0, 0.05) is 70.0 Å². The van der Waals surface area contributed by atoms with Gasteiger partial charge >= 0.3 is 71.6 Å². The van der Waals surface area contributed by atoms with Crippen molar-refractivity contribution in [3.8, 4) is 0 Å². The lowest BCUT2D eigenvalue weighted by Gasteiger charge is -2.28. The summed E-state index contributed by atoms with van der Waals surface area (Å²) in [6.45, 7) is 8.56. The quantitative estimate of drug-likeness (QED) is 0.0201. The third-order valence-electron chi connectivity index (χ3n) is 14.2. The molecule has 0 spiro atoms. The fraction of sp³-hybridized carbons (Fsp3) is 0.657. The molecule has 0 aliphatic carbocycles. The smallest absolute Gasteiger partial charge is 0.339 e. The number of esters is 12. The molecule has 25 nitrogen and oxygen atoms in total. The molecule has 0 N–H and O–H groups in total. The summed E-state index contributed by atoms with van der Waals surface area (Å²) in [4.78, 5) is 163. The molecule has 0 bridgehead atoms. The Balaban J connectivity index is 0.000000466. The highest BCUT2D eigenvalue weighted by molar-refractivity contribution is 8.02. The topological polar surface area (TPSA) is 333 Å². The summed E-state index contributed by atoms with van der Waals surface area (Å²) in [6, 6.07) is 4.13. The van der Waals surface area contributed by atoms with E-state index in [9.17, 15) is 62.3 Å². The van der Waals surface area contributed by atoms with Crippen molar-refractivity contribution < 1.29 is 119 Å². The summed E-state index contributed by atoms with van der Waals surface area (Å²) < 4.78 is 63.2. The largest absolute Gasteiger partial charge is 0.462 e. The number of ketones is 1. The Labute approximate surface area is 618 Å². The van der Waals surface area contributed by atoms with Gasteiger partial charge in [-0.3, -0.25) is 38.4 Å². The van der Waals surface area contributed by atoms with E-state index in [1.54, 1.807) is 94.1 Å². The molecule has 4 fully saturated rings. The van der Waals surface area contributed by atoms with Gasteiger partial charge in [0.05, 0.1) is 42.4 Å². The Morgan fingerprint density at radius 2 is 0.660 bits per heavy atom. The van der Waals surface area contributed by atoms with Gasteiger partial charge < -0.3 is 56.8 Å². The highest BCUT2D eigenvalue weighted by Crippen LogP contribution is 2.34. The van der Waals surface area contributed by atoms with Crippen LogP contribution in [0.25, 0.3) is 0 Å². The minimum Gasteiger partial charge on any atom is -0.462 e. The predicted molar refractivity (Wildman–Crippen MR) is 388 cm³/mol. The lowest BCUT2D eigenvalue weighted by atomic mass is 9.75. The van der Waals surface area contributed by atoms with Crippen molar-refractivity contribution in [1.29, 1.82) is 0 Å². The molecule has 4 aliphatic rings. The van der Waals surface area contributed by atoms with Crippen LogP contribution in [0.3, 0.4) is 0 Å². The van der Waals surface area contributed by atoms with E-state index in [4.69, 9.17) is 56.8 Å². The number of rotatable bonds is 35. The molecule has 0 amide bonds. The number of carbonyl (C=O) groups excluding carboxylic acids is 13. The Hall–Kier alpha value is -5.19. The van der Waals surface area contributed by atoms with Crippen LogP contribution in [0.15, 0.2) is 42.5 Å². The predicted octanol–water partition coefficient (Wildman–Crippen LogP) is 8.84. The van der Waals surface area contributed by atoms with Crippen molar-refractivity contribution in [2.45, 2.75) is 122 Å². The fourth-order valence-electron chi connectivity index (χ4n) is 8.95. The molecule has 100 heavy (non-hydrogen) atoms. The standard InChI is InChI=1S/C40H58O17S4.C27H34O8S4/c1-28(2)38(48)54-18-19-55-39(49)40(29(3)41,12-10-34(44)52-16-14-50-32(42)6-8-36(46)56-30-24-58-20-4-21-59-25-30)13-11-35(45)53-17-15-51-33(43)7-9-37(47)57-31-26-60-22-5-23-61-27-31;1-18(2)24(28)32-7-8-33-25(29)19-5-6-22(26(30)34-20-14-36-9-3-10-37-15-20)23(13-19)27(31)35-21-16-38-11-4-12-39-17-21/h30-31H,1,4-27H2,2-3H3;5-6,13,20-21H,1,3-4,7-12,14-17H2,2H3. The average molecular weight is 1550 g/mol. The van der Waals surface area contributed by atoms with Gasteiger partial charge in [0.2, 0.25) is 0 Å². The summed E-state index contributed by atoms with van der Waals surface area (Å²) in [5.41, 5.74) is -1.57. The number of benzene rings is 1. The maximum Gasteiger partial charge on any atom is 0.339 e. The molecule has 1 aromatic rings. The molecule has 33 heteroatoms. The second kappa shape index (κ2) is 51.1. The third kappa shape index (κ3) is 36.8. The summed E-state index contributed by atoms with van der Waals surface area (Å²) in [7, 11) is 0. The Bertz CT molecular complexity index is 2780. The maximum absolute atomic E-state index is 13.4. The molecule has 0 aromatic heterocycles. The molecule has 0 radical (unpaired) electrons. The minimum atomic E-state index is -2.01. The van der Waals surface area contributed by atoms with Crippen LogP contribution in [-0.4, -0.2) is 247 Å². The van der Waals surface area contributed by atoms with Crippen LogP contribution in [0.1, 0.15) is 129 Å². The molecule has 1 aromatic carbocycles. The van der Waals surface area contributed by atoms with Gasteiger partial charge in [0.1, 0.15) is 88.5 Å².